The Morgan fingerprint density at radius 3 is 2.60 bits per heavy atom. The number of aryl methyl sites for hydroxylation is 3. The molecule has 0 spiro atoms. The van der Waals surface area contributed by atoms with E-state index < -0.39 is 24.1 Å². The second kappa shape index (κ2) is 7.70. The minimum atomic E-state index is -3.01. The van der Waals surface area contributed by atoms with Gasteiger partial charge in [-0.3, -0.25) is 4.79 Å². The number of hydrogen-bond acceptors (Lipinski definition) is 3. The highest BCUT2D eigenvalue weighted by Gasteiger charge is 2.27. The van der Waals surface area contributed by atoms with Crippen LogP contribution in [0.5, 0.6) is 0 Å². The Morgan fingerprint density at radius 2 is 1.90 bits per heavy atom. The van der Waals surface area contributed by atoms with Gasteiger partial charge >= 0.3 is 0 Å². The minimum Gasteiger partial charge on any atom is -0.311 e. The van der Waals surface area contributed by atoms with Crippen molar-refractivity contribution in [2.75, 3.05) is 11.4 Å². The Hall–Kier alpha value is -2.97. The summed E-state index contributed by atoms with van der Waals surface area (Å²) in [6.07, 6.45) is -4.31. The normalized spacial score (nSPS) is 14.1. The van der Waals surface area contributed by atoms with Crippen LogP contribution in [0.25, 0.3) is 11.0 Å². The summed E-state index contributed by atoms with van der Waals surface area (Å²) in [5.41, 5.74) is 1.75. The van der Waals surface area contributed by atoms with Gasteiger partial charge in [0.05, 0.1) is 11.1 Å². The third kappa shape index (κ3) is 3.53. The molecule has 1 amide bonds. The zero-order valence-electron chi connectivity index (χ0n) is 16.5. The molecule has 0 saturated carbocycles. The maximum absolute atomic E-state index is 13.5. The van der Waals surface area contributed by atoms with E-state index in [1.807, 2.05) is 25.1 Å². The van der Waals surface area contributed by atoms with Gasteiger partial charge in [-0.2, -0.15) is 5.10 Å². The van der Waals surface area contributed by atoms with Crippen LogP contribution in [0.1, 0.15) is 47.3 Å². The molecule has 0 aliphatic carbocycles. The van der Waals surface area contributed by atoms with Crippen molar-refractivity contribution in [2.24, 2.45) is 0 Å². The van der Waals surface area contributed by atoms with Gasteiger partial charge in [0.1, 0.15) is 12.2 Å². The predicted molar refractivity (Wildman–Crippen MR) is 104 cm³/mol. The van der Waals surface area contributed by atoms with Crippen LogP contribution in [0.4, 0.5) is 23.2 Å². The summed E-state index contributed by atoms with van der Waals surface area (Å²) in [6, 6.07) is 6.55. The van der Waals surface area contributed by atoms with E-state index in [0.29, 0.717) is 12.6 Å². The molecule has 0 unspecified atom stereocenters. The maximum atomic E-state index is 13.5. The summed E-state index contributed by atoms with van der Waals surface area (Å²) in [5, 5.41) is 4.18. The molecule has 3 heterocycles. The first-order chi connectivity index (χ1) is 14.3. The van der Waals surface area contributed by atoms with Crippen LogP contribution in [0.2, 0.25) is 0 Å². The van der Waals surface area contributed by atoms with E-state index in [1.165, 1.54) is 6.92 Å². The van der Waals surface area contributed by atoms with Gasteiger partial charge in [0, 0.05) is 17.8 Å². The monoisotopic (exact) mass is 420 g/mol. The van der Waals surface area contributed by atoms with Gasteiger partial charge in [-0.1, -0.05) is 17.7 Å². The number of carbonyl (C=O) groups excluding carboxylic acids is 1. The molecule has 1 aliphatic rings. The molecular weight excluding hydrogens is 400 g/mol. The number of alkyl halides is 4. The lowest BCUT2D eigenvalue weighted by atomic mass is 9.99. The molecule has 1 aliphatic heterocycles. The fourth-order valence-corrected chi connectivity index (χ4v) is 4.00. The number of nitrogens with zero attached hydrogens (tertiary/aromatic N) is 4. The van der Waals surface area contributed by atoms with Crippen molar-refractivity contribution in [3.63, 3.8) is 0 Å². The summed E-state index contributed by atoms with van der Waals surface area (Å²) in [5.74, 6) is -0.299. The first kappa shape index (κ1) is 20.3. The number of halogens is 4. The lowest BCUT2D eigenvalue weighted by Crippen LogP contribution is -2.38. The van der Waals surface area contributed by atoms with E-state index in [4.69, 9.17) is 0 Å². The topological polar surface area (TPSA) is 51.0 Å². The standard InChI is InChI=1S/C21H20F4N4O/c1-11-5-6-16-13(8-11)4-3-7-28(16)17(30)10-29-21-18(12(2)27-29)14(19(22)23)9-15(26-21)20(24)25/h5-6,8-9,19-20H,3-4,7,10H2,1-2H3. The van der Waals surface area contributed by atoms with E-state index in [1.54, 1.807) is 4.90 Å². The molecule has 5 nitrogen and oxygen atoms in total. The lowest BCUT2D eigenvalue weighted by Gasteiger charge is -2.29. The molecule has 30 heavy (non-hydrogen) atoms. The largest absolute Gasteiger partial charge is 0.311 e. The number of aromatic nitrogens is 3. The molecule has 0 bridgehead atoms. The van der Waals surface area contributed by atoms with E-state index in [2.05, 4.69) is 10.1 Å². The summed E-state index contributed by atoms with van der Waals surface area (Å²) in [7, 11) is 0. The molecule has 3 aromatic rings. The molecule has 1 aromatic carbocycles. The van der Waals surface area contributed by atoms with Crippen LogP contribution in [0, 0.1) is 13.8 Å². The van der Waals surface area contributed by atoms with Crippen molar-refractivity contribution in [1.82, 2.24) is 14.8 Å². The molecule has 4 rings (SSSR count). The van der Waals surface area contributed by atoms with Crippen molar-refractivity contribution in [3.8, 4) is 0 Å². The van der Waals surface area contributed by atoms with Crippen LogP contribution < -0.4 is 4.90 Å². The van der Waals surface area contributed by atoms with Gasteiger partial charge < -0.3 is 4.90 Å². The highest BCUT2D eigenvalue weighted by atomic mass is 19.3. The van der Waals surface area contributed by atoms with Gasteiger partial charge in [0.15, 0.2) is 5.65 Å². The smallest absolute Gasteiger partial charge is 0.280 e. The number of hydrogen-bond donors (Lipinski definition) is 0. The number of carbonyl (C=O) groups is 1. The Morgan fingerprint density at radius 1 is 1.13 bits per heavy atom. The van der Waals surface area contributed by atoms with E-state index in [9.17, 15) is 22.4 Å². The zero-order chi connectivity index (χ0) is 21.6. The Balaban J connectivity index is 1.74. The number of amides is 1. The fourth-order valence-electron chi connectivity index (χ4n) is 4.00. The molecular formula is C21H20F4N4O. The second-order valence-corrected chi connectivity index (χ2v) is 7.46. The number of anilines is 1. The van der Waals surface area contributed by atoms with Gasteiger partial charge in [-0.05, 0) is 44.4 Å². The first-order valence-electron chi connectivity index (χ1n) is 9.60. The van der Waals surface area contributed by atoms with Crippen molar-refractivity contribution < 1.29 is 22.4 Å². The lowest BCUT2D eigenvalue weighted by molar-refractivity contribution is -0.119. The fraction of sp³-hybridized carbons (Fsp3) is 0.381. The van der Waals surface area contributed by atoms with Crippen molar-refractivity contribution in [1.29, 1.82) is 0 Å². The molecule has 0 N–H and O–H groups in total. The number of rotatable bonds is 4. The zero-order valence-corrected chi connectivity index (χ0v) is 16.5. The van der Waals surface area contributed by atoms with Crippen LogP contribution in [-0.2, 0) is 17.8 Å². The summed E-state index contributed by atoms with van der Waals surface area (Å²) < 4.78 is 54.6. The summed E-state index contributed by atoms with van der Waals surface area (Å²) in [4.78, 5) is 18.5. The van der Waals surface area contributed by atoms with Gasteiger partial charge in [-0.15, -0.1) is 0 Å². The third-order valence-corrected chi connectivity index (χ3v) is 5.33. The van der Waals surface area contributed by atoms with Crippen LogP contribution in [0.3, 0.4) is 0 Å². The number of fused-ring (bicyclic) bond motifs is 2. The van der Waals surface area contributed by atoms with Crippen molar-refractivity contribution in [2.45, 2.75) is 46.1 Å². The molecule has 0 saturated heterocycles. The Labute approximate surface area is 170 Å². The van der Waals surface area contributed by atoms with E-state index in [0.717, 1.165) is 34.3 Å². The van der Waals surface area contributed by atoms with Crippen LogP contribution >= 0.6 is 0 Å². The molecule has 158 valence electrons. The van der Waals surface area contributed by atoms with Crippen LogP contribution in [-0.4, -0.2) is 27.2 Å². The molecule has 0 radical (unpaired) electrons. The highest BCUT2D eigenvalue weighted by molar-refractivity contribution is 5.95. The summed E-state index contributed by atoms with van der Waals surface area (Å²) in [6.45, 7) is 3.72. The van der Waals surface area contributed by atoms with E-state index in [-0.39, 0.29) is 29.2 Å². The third-order valence-electron chi connectivity index (χ3n) is 5.33. The van der Waals surface area contributed by atoms with Crippen molar-refractivity contribution >= 4 is 22.6 Å². The van der Waals surface area contributed by atoms with Crippen LogP contribution in [0.15, 0.2) is 24.3 Å². The van der Waals surface area contributed by atoms with E-state index >= 15 is 0 Å². The highest BCUT2D eigenvalue weighted by Crippen LogP contribution is 2.33. The molecule has 2 aromatic heterocycles. The second-order valence-electron chi connectivity index (χ2n) is 7.46. The average molecular weight is 420 g/mol. The number of benzene rings is 1. The average Bonchev–Trinajstić information content (AvgIpc) is 3.01. The minimum absolute atomic E-state index is 0.0110. The molecule has 0 atom stereocenters. The van der Waals surface area contributed by atoms with Crippen molar-refractivity contribution in [3.05, 3.63) is 52.3 Å². The summed E-state index contributed by atoms with van der Waals surface area (Å²) >= 11 is 0. The SMILES string of the molecule is Cc1ccc2c(c1)CCCN2C(=O)Cn1nc(C)c2c(C(F)F)cc(C(F)F)nc21. The van der Waals surface area contributed by atoms with Gasteiger partial charge in [0.25, 0.3) is 12.9 Å². The quantitative estimate of drug-likeness (QED) is 0.564. The molecule has 9 heteroatoms. The first-order valence-corrected chi connectivity index (χ1v) is 9.60. The predicted octanol–water partition coefficient (Wildman–Crippen LogP) is 4.90. The Kier molecular flexibility index (Phi) is 5.21. The van der Waals surface area contributed by atoms with Gasteiger partial charge in [0.2, 0.25) is 5.91 Å². The van der Waals surface area contributed by atoms with Gasteiger partial charge in [-0.25, -0.2) is 27.2 Å². The molecule has 0 fully saturated rings. The maximum Gasteiger partial charge on any atom is 0.280 e. The Bertz CT molecular complexity index is 1130. The number of pyridine rings is 1.